The number of rotatable bonds is 5. The van der Waals surface area contributed by atoms with Gasteiger partial charge in [-0.25, -0.2) is 9.18 Å². The van der Waals surface area contributed by atoms with Gasteiger partial charge in [-0.2, -0.15) is 0 Å². The second kappa shape index (κ2) is 6.87. The Labute approximate surface area is 137 Å². The Morgan fingerprint density at radius 3 is 2.57 bits per heavy atom. The number of urea groups is 1. The number of amides is 2. The monoisotopic (exact) mass is 319 g/mol. The molecule has 3 rings (SSSR count). The Hall–Kier alpha value is -1.62. The summed E-state index contributed by atoms with van der Waals surface area (Å²) < 4.78 is 13.0. The molecule has 1 unspecified atom stereocenters. The van der Waals surface area contributed by atoms with Crippen LogP contribution in [0.15, 0.2) is 24.3 Å². The maximum absolute atomic E-state index is 13.0. The maximum Gasteiger partial charge on any atom is 0.318 e. The SMILES string of the molecule is CC(C)N1CCC(NC(=O)N(Cc2ccc(F)cc2)C2CC2)C1. The number of nitrogens with zero attached hydrogens (tertiary/aromatic N) is 2. The van der Waals surface area contributed by atoms with E-state index in [-0.39, 0.29) is 17.9 Å². The summed E-state index contributed by atoms with van der Waals surface area (Å²) in [4.78, 5) is 17.0. The van der Waals surface area contributed by atoms with Gasteiger partial charge in [-0.15, -0.1) is 0 Å². The molecule has 4 nitrogen and oxygen atoms in total. The van der Waals surface area contributed by atoms with Crippen LogP contribution in [-0.2, 0) is 6.54 Å². The molecule has 2 fully saturated rings. The lowest BCUT2D eigenvalue weighted by Gasteiger charge is -2.26. The Kier molecular flexibility index (Phi) is 4.85. The Morgan fingerprint density at radius 1 is 1.30 bits per heavy atom. The van der Waals surface area contributed by atoms with E-state index in [1.807, 2.05) is 4.90 Å². The average Bonchev–Trinajstić information content (AvgIpc) is 3.25. The third-order valence-corrected chi connectivity index (χ3v) is 4.79. The number of benzene rings is 1. The van der Waals surface area contributed by atoms with Gasteiger partial charge in [0.25, 0.3) is 0 Å². The zero-order chi connectivity index (χ0) is 16.4. The van der Waals surface area contributed by atoms with E-state index < -0.39 is 0 Å². The van der Waals surface area contributed by atoms with Crippen molar-refractivity contribution in [2.24, 2.45) is 0 Å². The number of likely N-dealkylation sites (tertiary alicyclic amines) is 1. The molecule has 2 amide bonds. The van der Waals surface area contributed by atoms with Crippen LogP contribution in [0.5, 0.6) is 0 Å². The number of halogens is 1. The summed E-state index contributed by atoms with van der Waals surface area (Å²) in [7, 11) is 0. The van der Waals surface area contributed by atoms with Crippen molar-refractivity contribution < 1.29 is 9.18 Å². The first-order valence-electron chi connectivity index (χ1n) is 8.58. The lowest BCUT2D eigenvalue weighted by atomic mass is 10.2. The van der Waals surface area contributed by atoms with Crippen molar-refractivity contribution in [3.8, 4) is 0 Å². The molecule has 0 radical (unpaired) electrons. The van der Waals surface area contributed by atoms with Gasteiger partial charge >= 0.3 is 6.03 Å². The quantitative estimate of drug-likeness (QED) is 0.905. The third kappa shape index (κ3) is 4.22. The predicted molar refractivity (Wildman–Crippen MR) is 88.6 cm³/mol. The largest absolute Gasteiger partial charge is 0.334 e. The summed E-state index contributed by atoms with van der Waals surface area (Å²) >= 11 is 0. The molecule has 0 spiro atoms. The molecule has 1 aromatic carbocycles. The minimum atomic E-state index is -0.240. The average molecular weight is 319 g/mol. The second-order valence-electron chi connectivity index (χ2n) is 7.01. The molecule has 1 atom stereocenters. The molecule has 0 aromatic heterocycles. The minimum Gasteiger partial charge on any atom is -0.334 e. The third-order valence-electron chi connectivity index (χ3n) is 4.79. The molecule has 1 saturated heterocycles. The highest BCUT2D eigenvalue weighted by atomic mass is 19.1. The number of hydrogen-bond acceptors (Lipinski definition) is 2. The van der Waals surface area contributed by atoms with Crippen molar-refractivity contribution in [1.29, 1.82) is 0 Å². The van der Waals surface area contributed by atoms with Gasteiger partial charge in [0.05, 0.1) is 0 Å². The molecule has 1 N–H and O–H groups in total. The fourth-order valence-electron chi connectivity index (χ4n) is 3.17. The minimum absolute atomic E-state index is 0.0208. The number of carbonyl (C=O) groups excluding carboxylic acids is 1. The predicted octanol–water partition coefficient (Wildman–Crippen LogP) is 2.98. The van der Waals surface area contributed by atoms with Crippen LogP contribution in [0.25, 0.3) is 0 Å². The van der Waals surface area contributed by atoms with E-state index in [2.05, 4.69) is 24.1 Å². The van der Waals surface area contributed by atoms with Crippen LogP contribution in [-0.4, -0.2) is 47.0 Å². The van der Waals surface area contributed by atoms with E-state index in [1.54, 1.807) is 12.1 Å². The maximum atomic E-state index is 13.0. The summed E-state index contributed by atoms with van der Waals surface area (Å²) in [5, 5.41) is 3.19. The highest BCUT2D eigenvalue weighted by Crippen LogP contribution is 2.28. The van der Waals surface area contributed by atoms with Crippen molar-refractivity contribution in [1.82, 2.24) is 15.1 Å². The smallest absolute Gasteiger partial charge is 0.318 e. The Bertz CT molecular complexity index is 542. The van der Waals surface area contributed by atoms with E-state index in [1.165, 1.54) is 12.1 Å². The fraction of sp³-hybridized carbons (Fsp3) is 0.611. The molecule has 126 valence electrons. The summed E-state index contributed by atoms with van der Waals surface area (Å²) in [5.41, 5.74) is 0.976. The molecule has 5 heteroatoms. The van der Waals surface area contributed by atoms with Crippen LogP contribution >= 0.6 is 0 Å². The molecular formula is C18H26FN3O. The van der Waals surface area contributed by atoms with Crippen LogP contribution in [0.2, 0.25) is 0 Å². The molecule has 2 aliphatic rings. The van der Waals surface area contributed by atoms with Gasteiger partial charge in [-0.05, 0) is 50.8 Å². The summed E-state index contributed by atoms with van der Waals surface area (Å²) in [6, 6.07) is 7.54. The van der Waals surface area contributed by atoms with Crippen LogP contribution in [0.3, 0.4) is 0 Å². The van der Waals surface area contributed by atoms with Gasteiger partial charge in [0.1, 0.15) is 5.82 Å². The number of nitrogens with one attached hydrogen (secondary N) is 1. The first kappa shape index (κ1) is 16.2. The Morgan fingerprint density at radius 2 is 2.00 bits per heavy atom. The van der Waals surface area contributed by atoms with Gasteiger partial charge in [0.2, 0.25) is 0 Å². The number of hydrogen-bond donors (Lipinski definition) is 1. The summed E-state index contributed by atoms with van der Waals surface area (Å²) in [6.07, 6.45) is 3.15. The van der Waals surface area contributed by atoms with Crippen LogP contribution in [0.4, 0.5) is 9.18 Å². The number of carbonyl (C=O) groups is 1. The van der Waals surface area contributed by atoms with Gasteiger partial charge in [-0.1, -0.05) is 12.1 Å². The van der Waals surface area contributed by atoms with Crippen molar-refractivity contribution >= 4 is 6.03 Å². The molecule has 1 heterocycles. The molecule has 23 heavy (non-hydrogen) atoms. The molecule has 1 aliphatic heterocycles. The zero-order valence-electron chi connectivity index (χ0n) is 14.0. The van der Waals surface area contributed by atoms with E-state index in [9.17, 15) is 9.18 Å². The summed E-state index contributed by atoms with van der Waals surface area (Å²) in [6.45, 7) is 6.91. The van der Waals surface area contributed by atoms with Gasteiger partial charge in [0, 0.05) is 37.8 Å². The first-order valence-corrected chi connectivity index (χ1v) is 8.58. The molecule has 1 aromatic rings. The van der Waals surface area contributed by atoms with Crippen molar-refractivity contribution in [2.45, 2.75) is 57.8 Å². The van der Waals surface area contributed by atoms with Crippen molar-refractivity contribution in [3.05, 3.63) is 35.6 Å². The van der Waals surface area contributed by atoms with Crippen LogP contribution in [0, 0.1) is 5.82 Å². The van der Waals surface area contributed by atoms with Crippen LogP contribution < -0.4 is 5.32 Å². The highest BCUT2D eigenvalue weighted by Gasteiger charge is 2.34. The van der Waals surface area contributed by atoms with Crippen LogP contribution in [0.1, 0.15) is 38.7 Å². The van der Waals surface area contributed by atoms with Crippen molar-refractivity contribution in [3.63, 3.8) is 0 Å². The topological polar surface area (TPSA) is 35.6 Å². The standard InChI is InChI=1S/C18H26FN3O/c1-13(2)21-10-9-16(12-21)20-18(23)22(17-7-8-17)11-14-3-5-15(19)6-4-14/h3-6,13,16-17H,7-12H2,1-2H3,(H,20,23). The van der Waals surface area contributed by atoms with Gasteiger partial charge in [0.15, 0.2) is 0 Å². The highest BCUT2D eigenvalue weighted by molar-refractivity contribution is 5.75. The fourth-order valence-corrected chi connectivity index (χ4v) is 3.17. The van der Waals surface area contributed by atoms with E-state index in [0.29, 0.717) is 18.6 Å². The van der Waals surface area contributed by atoms with Gasteiger partial charge in [-0.3, -0.25) is 4.90 Å². The molecule has 0 bridgehead atoms. The first-order chi connectivity index (χ1) is 11.0. The van der Waals surface area contributed by atoms with E-state index in [4.69, 9.17) is 0 Å². The Balaban J connectivity index is 1.58. The van der Waals surface area contributed by atoms with E-state index >= 15 is 0 Å². The molecule has 1 saturated carbocycles. The zero-order valence-corrected chi connectivity index (χ0v) is 14.0. The lowest BCUT2D eigenvalue weighted by molar-refractivity contribution is 0.186. The van der Waals surface area contributed by atoms with Crippen molar-refractivity contribution in [2.75, 3.05) is 13.1 Å². The molecule has 1 aliphatic carbocycles. The van der Waals surface area contributed by atoms with E-state index in [0.717, 1.165) is 37.9 Å². The molecular weight excluding hydrogens is 293 g/mol. The van der Waals surface area contributed by atoms with Gasteiger partial charge < -0.3 is 10.2 Å². The normalized spacial score (nSPS) is 21.7. The second-order valence-corrected chi connectivity index (χ2v) is 7.01. The lowest BCUT2D eigenvalue weighted by Crippen LogP contribution is -2.46. The summed E-state index contributed by atoms with van der Waals surface area (Å²) in [5.74, 6) is -0.240.